The average Bonchev–Trinajstić information content (AvgIpc) is 2.96. The molecule has 3 rings (SSSR count). The van der Waals surface area contributed by atoms with Crippen molar-refractivity contribution < 1.29 is 19.1 Å². The first-order valence-electron chi connectivity index (χ1n) is 6.42. The number of carboxylic acid groups (broad SMARTS) is 1. The number of benzene rings is 2. The summed E-state index contributed by atoms with van der Waals surface area (Å²) in [5, 5.41) is 12.8. The van der Waals surface area contributed by atoms with Gasteiger partial charge in [-0.1, -0.05) is 47.6 Å². The smallest absolute Gasteiger partial charge is 0.353 e. The van der Waals surface area contributed by atoms with Crippen LogP contribution in [0.1, 0.15) is 17.5 Å². The molecule has 0 spiro atoms. The Morgan fingerprint density at radius 3 is 2.29 bits per heavy atom. The van der Waals surface area contributed by atoms with Crippen LogP contribution in [-0.2, 0) is 15.2 Å². The van der Waals surface area contributed by atoms with Crippen molar-refractivity contribution in [3.05, 3.63) is 71.5 Å². The van der Waals surface area contributed by atoms with Gasteiger partial charge in [0.05, 0.1) is 6.42 Å². The summed E-state index contributed by atoms with van der Waals surface area (Å²) in [6.45, 7) is 0. The van der Waals surface area contributed by atoms with Crippen LogP contribution < -0.4 is 0 Å². The number of rotatable bonds is 3. The Hall–Kier alpha value is -2.69. The van der Waals surface area contributed by atoms with E-state index < -0.39 is 11.6 Å². The second-order valence-electron chi connectivity index (χ2n) is 4.81. The fourth-order valence-corrected chi connectivity index (χ4v) is 2.45. The van der Waals surface area contributed by atoms with Crippen molar-refractivity contribution in [3.8, 4) is 0 Å². The molecule has 21 heavy (non-hydrogen) atoms. The Bertz CT molecular complexity index is 697. The Balaban J connectivity index is 2.09. The molecule has 1 aliphatic heterocycles. The quantitative estimate of drug-likeness (QED) is 0.943. The van der Waals surface area contributed by atoms with Crippen LogP contribution in [0.25, 0.3) is 0 Å². The first kappa shape index (κ1) is 13.3. The summed E-state index contributed by atoms with van der Waals surface area (Å²) in [5.74, 6) is -1.48. The normalized spacial score (nSPS) is 20.7. The summed E-state index contributed by atoms with van der Waals surface area (Å²) in [6, 6.07) is 15.0. The summed E-state index contributed by atoms with van der Waals surface area (Å²) in [7, 11) is 0. The van der Waals surface area contributed by atoms with E-state index >= 15 is 0 Å². The zero-order chi connectivity index (χ0) is 14.9. The van der Waals surface area contributed by atoms with Gasteiger partial charge in [0.15, 0.2) is 11.3 Å². The van der Waals surface area contributed by atoms with Gasteiger partial charge < -0.3 is 9.94 Å². The van der Waals surface area contributed by atoms with E-state index in [-0.39, 0.29) is 17.9 Å². The lowest BCUT2D eigenvalue weighted by molar-refractivity contribution is -0.129. The SMILES string of the molecule is O=C(O)C1=NOC(c2ccccc2)(c2ccc(F)cc2)C1. The Labute approximate surface area is 120 Å². The van der Waals surface area contributed by atoms with E-state index in [0.717, 1.165) is 5.56 Å². The second kappa shape index (κ2) is 5.01. The van der Waals surface area contributed by atoms with Gasteiger partial charge in [0.25, 0.3) is 0 Å². The minimum Gasteiger partial charge on any atom is -0.477 e. The molecular formula is C16H12FNO3. The maximum absolute atomic E-state index is 13.1. The molecule has 4 nitrogen and oxygen atoms in total. The number of halogens is 1. The lowest BCUT2D eigenvalue weighted by Crippen LogP contribution is -2.29. The van der Waals surface area contributed by atoms with Crippen LogP contribution in [-0.4, -0.2) is 16.8 Å². The molecule has 0 amide bonds. The van der Waals surface area contributed by atoms with E-state index in [4.69, 9.17) is 9.94 Å². The van der Waals surface area contributed by atoms with Gasteiger partial charge in [-0.2, -0.15) is 0 Å². The molecule has 0 radical (unpaired) electrons. The van der Waals surface area contributed by atoms with Crippen LogP contribution in [0.4, 0.5) is 4.39 Å². The third-order valence-electron chi connectivity index (χ3n) is 3.53. The topological polar surface area (TPSA) is 58.9 Å². The van der Waals surface area contributed by atoms with E-state index in [1.807, 2.05) is 30.3 Å². The molecule has 0 aliphatic carbocycles. The van der Waals surface area contributed by atoms with Gasteiger partial charge in [-0.05, 0) is 12.1 Å². The first-order chi connectivity index (χ1) is 10.1. The Morgan fingerprint density at radius 1 is 1.10 bits per heavy atom. The average molecular weight is 285 g/mol. The number of hydrogen-bond acceptors (Lipinski definition) is 3. The number of hydrogen-bond donors (Lipinski definition) is 1. The molecule has 5 heteroatoms. The summed E-state index contributed by atoms with van der Waals surface area (Å²) in [4.78, 5) is 16.6. The summed E-state index contributed by atoms with van der Waals surface area (Å²) in [5.41, 5.74) is 0.359. The fourth-order valence-electron chi connectivity index (χ4n) is 2.45. The van der Waals surface area contributed by atoms with Crippen LogP contribution in [0.15, 0.2) is 59.8 Å². The molecule has 1 heterocycles. The summed E-state index contributed by atoms with van der Waals surface area (Å²) < 4.78 is 13.1. The van der Waals surface area contributed by atoms with Crippen LogP contribution in [0.5, 0.6) is 0 Å². The molecule has 0 aromatic heterocycles. The van der Waals surface area contributed by atoms with Gasteiger partial charge in [-0.3, -0.25) is 0 Å². The Morgan fingerprint density at radius 2 is 1.71 bits per heavy atom. The van der Waals surface area contributed by atoms with Crippen molar-refractivity contribution in [1.82, 2.24) is 0 Å². The zero-order valence-electron chi connectivity index (χ0n) is 11.0. The van der Waals surface area contributed by atoms with E-state index in [1.165, 1.54) is 12.1 Å². The highest BCUT2D eigenvalue weighted by atomic mass is 19.1. The number of aliphatic carboxylic acids is 1. The Kier molecular flexibility index (Phi) is 3.17. The molecule has 1 N–H and O–H groups in total. The molecule has 106 valence electrons. The molecule has 0 fully saturated rings. The summed E-state index contributed by atoms with van der Waals surface area (Å²) in [6.07, 6.45) is 0.0952. The van der Waals surface area contributed by atoms with Crippen LogP contribution in [0.2, 0.25) is 0 Å². The van der Waals surface area contributed by atoms with Gasteiger partial charge in [-0.15, -0.1) is 0 Å². The predicted octanol–water partition coefficient (Wildman–Crippen LogP) is 2.93. The lowest BCUT2D eigenvalue weighted by Gasteiger charge is -2.27. The molecule has 0 bridgehead atoms. The van der Waals surface area contributed by atoms with Gasteiger partial charge in [0, 0.05) is 11.1 Å². The van der Waals surface area contributed by atoms with Gasteiger partial charge in [-0.25, -0.2) is 9.18 Å². The molecule has 0 saturated carbocycles. The maximum Gasteiger partial charge on any atom is 0.353 e. The predicted molar refractivity (Wildman–Crippen MR) is 74.4 cm³/mol. The number of oxime groups is 1. The fraction of sp³-hybridized carbons (Fsp3) is 0.125. The van der Waals surface area contributed by atoms with Crippen molar-refractivity contribution in [3.63, 3.8) is 0 Å². The van der Waals surface area contributed by atoms with Crippen LogP contribution in [0.3, 0.4) is 0 Å². The minimum absolute atomic E-state index is 0.0526. The monoisotopic (exact) mass is 285 g/mol. The highest BCUT2D eigenvalue weighted by molar-refractivity contribution is 6.36. The summed E-state index contributed by atoms with van der Waals surface area (Å²) >= 11 is 0. The number of carbonyl (C=O) groups is 1. The van der Waals surface area contributed by atoms with Gasteiger partial charge in [0.2, 0.25) is 0 Å². The number of nitrogens with zero attached hydrogens (tertiary/aromatic N) is 1. The lowest BCUT2D eigenvalue weighted by atomic mass is 9.82. The van der Waals surface area contributed by atoms with Crippen molar-refractivity contribution in [1.29, 1.82) is 0 Å². The van der Waals surface area contributed by atoms with Crippen LogP contribution >= 0.6 is 0 Å². The van der Waals surface area contributed by atoms with Crippen molar-refractivity contribution in [2.45, 2.75) is 12.0 Å². The molecule has 1 unspecified atom stereocenters. The van der Waals surface area contributed by atoms with Gasteiger partial charge in [0.1, 0.15) is 5.82 Å². The van der Waals surface area contributed by atoms with Gasteiger partial charge >= 0.3 is 5.97 Å². The first-order valence-corrected chi connectivity index (χ1v) is 6.42. The van der Waals surface area contributed by atoms with E-state index in [9.17, 15) is 9.18 Å². The standard InChI is InChI=1S/C16H12FNO3/c17-13-8-6-12(7-9-13)16(11-4-2-1-3-5-11)10-14(15(19)20)18-21-16/h1-9H,10H2,(H,19,20). The minimum atomic E-state index is -1.12. The highest BCUT2D eigenvalue weighted by Crippen LogP contribution is 2.41. The van der Waals surface area contributed by atoms with Crippen LogP contribution in [0, 0.1) is 5.82 Å². The van der Waals surface area contributed by atoms with E-state index in [1.54, 1.807) is 12.1 Å². The second-order valence-corrected chi connectivity index (χ2v) is 4.81. The molecule has 2 aromatic carbocycles. The van der Waals surface area contributed by atoms with E-state index in [0.29, 0.717) is 5.56 Å². The molecule has 1 atom stereocenters. The van der Waals surface area contributed by atoms with Crippen molar-refractivity contribution >= 4 is 11.7 Å². The third kappa shape index (κ3) is 2.27. The maximum atomic E-state index is 13.1. The van der Waals surface area contributed by atoms with Crippen molar-refractivity contribution in [2.24, 2.45) is 5.16 Å². The third-order valence-corrected chi connectivity index (χ3v) is 3.53. The largest absolute Gasteiger partial charge is 0.477 e. The molecule has 1 aliphatic rings. The number of carboxylic acids is 1. The van der Waals surface area contributed by atoms with E-state index in [2.05, 4.69) is 5.16 Å². The van der Waals surface area contributed by atoms with Crippen molar-refractivity contribution in [2.75, 3.05) is 0 Å². The molecule has 0 saturated heterocycles. The zero-order valence-corrected chi connectivity index (χ0v) is 11.0. The molecule has 2 aromatic rings. The molecular weight excluding hydrogens is 273 g/mol. The highest BCUT2D eigenvalue weighted by Gasteiger charge is 2.44.